The van der Waals surface area contributed by atoms with E-state index in [0.717, 1.165) is 31.9 Å². The van der Waals surface area contributed by atoms with Gasteiger partial charge in [0.1, 0.15) is 5.54 Å². The maximum absolute atomic E-state index is 11.7. The van der Waals surface area contributed by atoms with E-state index < -0.39 is 30.5 Å². The third-order valence-corrected chi connectivity index (χ3v) is 6.55. The maximum atomic E-state index is 11.7. The Kier molecular flexibility index (Phi) is 4.75. The van der Waals surface area contributed by atoms with Crippen molar-refractivity contribution in [1.29, 1.82) is 5.26 Å². The number of hydrogen-bond donors (Lipinski definition) is 1. The van der Waals surface area contributed by atoms with Gasteiger partial charge in [-0.15, -0.1) is 0 Å². The van der Waals surface area contributed by atoms with E-state index in [-0.39, 0.29) is 0 Å². The highest BCUT2D eigenvalue weighted by Gasteiger charge is 2.36. The topological polar surface area (TPSA) is 104 Å². The minimum Gasteiger partial charge on any atom is -0.228 e. The van der Waals surface area contributed by atoms with Crippen LogP contribution in [0.4, 0.5) is 0 Å². The van der Waals surface area contributed by atoms with Crippen molar-refractivity contribution in [2.45, 2.75) is 44.1 Å². The molecule has 0 amide bonds. The molecule has 1 aliphatic carbocycles. The van der Waals surface area contributed by atoms with Crippen LogP contribution in [-0.2, 0) is 19.9 Å². The van der Waals surface area contributed by atoms with Gasteiger partial charge in [0, 0.05) is 6.26 Å². The normalized spacial score (nSPS) is 20.9. The molecule has 0 radical (unpaired) electrons. The molecule has 0 unspecified atom stereocenters. The first kappa shape index (κ1) is 15.4. The van der Waals surface area contributed by atoms with Crippen LogP contribution in [0.5, 0.6) is 0 Å². The first-order chi connectivity index (χ1) is 8.18. The zero-order chi connectivity index (χ0) is 13.9. The molecule has 0 saturated heterocycles. The van der Waals surface area contributed by atoms with Gasteiger partial charge in [0.15, 0.2) is 14.9 Å². The first-order valence-electron chi connectivity index (χ1n) is 5.79. The van der Waals surface area contributed by atoms with Crippen LogP contribution < -0.4 is 4.72 Å². The van der Waals surface area contributed by atoms with Crippen LogP contribution >= 0.6 is 0 Å². The lowest BCUT2D eigenvalue weighted by Gasteiger charge is -2.25. The lowest BCUT2D eigenvalue weighted by Crippen LogP contribution is -2.48. The highest BCUT2D eigenvalue weighted by atomic mass is 32.3. The summed E-state index contributed by atoms with van der Waals surface area (Å²) >= 11 is 0. The molecular weight excluding hydrogens is 276 g/mol. The minimum absolute atomic E-state index is 0.437. The van der Waals surface area contributed by atoms with Gasteiger partial charge in [0.25, 0.3) is 0 Å². The summed E-state index contributed by atoms with van der Waals surface area (Å²) in [6.45, 7) is 0. The molecule has 1 N–H and O–H groups in total. The Morgan fingerprint density at radius 3 is 2.00 bits per heavy atom. The van der Waals surface area contributed by atoms with Crippen LogP contribution in [0.3, 0.4) is 0 Å². The summed E-state index contributed by atoms with van der Waals surface area (Å²) in [7, 11) is -7.62. The van der Waals surface area contributed by atoms with E-state index in [4.69, 9.17) is 0 Å². The molecule has 0 heterocycles. The van der Waals surface area contributed by atoms with Crippen molar-refractivity contribution in [3.63, 3.8) is 0 Å². The predicted molar refractivity (Wildman–Crippen MR) is 67.8 cm³/mol. The first-order valence-corrected chi connectivity index (χ1v) is 9.50. The Balaban J connectivity index is 2.89. The highest BCUT2D eigenvalue weighted by molar-refractivity contribution is 8.06. The van der Waals surface area contributed by atoms with E-state index in [0.29, 0.717) is 12.8 Å². The second kappa shape index (κ2) is 5.55. The quantitative estimate of drug-likeness (QED) is 0.761. The summed E-state index contributed by atoms with van der Waals surface area (Å²) in [5, 5.41) is 8.23. The molecule has 8 heteroatoms. The number of hydrogen-bond acceptors (Lipinski definition) is 5. The number of nitrogens with one attached hydrogen (secondary N) is 1. The lowest BCUT2D eigenvalue weighted by molar-refractivity contribution is 0.423. The molecule has 0 spiro atoms. The third kappa shape index (κ3) is 4.92. The van der Waals surface area contributed by atoms with Crippen molar-refractivity contribution in [2.24, 2.45) is 0 Å². The zero-order valence-electron chi connectivity index (χ0n) is 10.3. The van der Waals surface area contributed by atoms with Crippen molar-refractivity contribution in [1.82, 2.24) is 4.72 Å². The molecular formula is C10H18N2O4S2. The molecule has 1 fully saturated rings. The fraction of sp³-hybridized carbons (Fsp3) is 0.900. The zero-order valence-corrected chi connectivity index (χ0v) is 12.0. The summed E-state index contributed by atoms with van der Waals surface area (Å²) in [4.78, 5) is 0. The Morgan fingerprint density at radius 1 is 1.11 bits per heavy atom. The average molecular weight is 294 g/mol. The highest BCUT2D eigenvalue weighted by Crippen LogP contribution is 2.27. The van der Waals surface area contributed by atoms with Crippen LogP contribution in [0.2, 0.25) is 0 Å². The monoisotopic (exact) mass is 294 g/mol. The maximum Gasteiger partial charge on any atom is 0.227 e. The standard InChI is InChI=1S/C10H18N2O4S2/c1-17(13,14)9-18(15,16)12-10(8-11)6-4-2-3-5-7-10/h12H,2-7,9H2,1H3. The number of sulfone groups is 1. The van der Waals surface area contributed by atoms with E-state index in [9.17, 15) is 22.1 Å². The second-order valence-corrected chi connectivity index (χ2v) is 9.10. The van der Waals surface area contributed by atoms with Crippen LogP contribution in [-0.4, -0.2) is 33.7 Å². The Morgan fingerprint density at radius 2 is 1.61 bits per heavy atom. The largest absolute Gasteiger partial charge is 0.228 e. The van der Waals surface area contributed by atoms with Gasteiger partial charge in [-0.05, 0) is 12.8 Å². The molecule has 0 atom stereocenters. The van der Waals surface area contributed by atoms with E-state index in [1.807, 2.05) is 6.07 Å². The van der Waals surface area contributed by atoms with Crippen molar-refractivity contribution in [2.75, 3.05) is 11.3 Å². The van der Waals surface area contributed by atoms with Crippen molar-refractivity contribution >= 4 is 19.9 Å². The fourth-order valence-corrected chi connectivity index (χ4v) is 5.51. The molecule has 1 rings (SSSR count). The summed E-state index contributed by atoms with van der Waals surface area (Å²) in [5.74, 6) is 0. The smallest absolute Gasteiger partial charge is 0.227 e. The Hall–Kier alpha value is -0.650. The van der Waals surface area contributed by atoms with Gasteiger partial charge in [-0.1, -0.05) is 25.7 Å². The van der Waals surface area contributed by atoms with Crippen LogP contribution in [0.25, 0.3) is 0 Å². The van der Waals surface area contributed by atoms with Crippen LogP contribution in [0.15, 0.2) is 0 Å². The Bertz CT molecular complexity index is 523. The average Bonchev–Trinajstić information content (AvgIpc) is 2.39. The van der Waals surface area contributed by atoms with Crippen molar-refractivity contribution in [3.8, 4) is 6.07 Å². The summed E-state index contributed by atoms with van der Waals surface area (Å²) in [5.41, 5.74) is -1.14. The Labute approximate surface area is 108 Å². The number of nitrogens with zero attached hydrogens (tertiary/aromatic N) is 1. The summed E-state index contributed by atoms with van der Waals surface area (Å²) in [6.07, 6.45) is 5.22. The number of sulfonamides is 1. The second-order valence-electron chi connectivity index (χ2n) is 4.87. The van der Waals surface area contributed by atoms with Gasteiger partial charge in [0.05, 0.1) is 6.07 Å². The molecule has 6 nitrogen and oxygen atoms in total. The number of rotatable bonds is 4. The van der Waals surface area contributed by atoms with Gasteiger partial charge < -0.3 is 0 Å². The van der Waals surface area contributed by atoms with Gasteiger partial charge in [-0.2, -0.15) is 9.98 Å². The molecule has 104 valence electrons. The van der Waals surface area contributed by atoms with E-state index in [1.165, 1.54) is 0 Å². The summed E-state index contributed by atoms with van der Waals surface area (Å²) in [6, 6.07) is 2.01. The summed E-state index contributed by atoms with van der Waals surface area (Å²) < 4.78 is 47.9. The molecule has 0 aromatic heterocycles. The van der Waals surface area contributed by atoms with Gasteiger partial charge in [0.2, 0.25) is 10.0 Å². The van der Waals surface area contributed by atoms with Gasteiger partial charge >= 0.3 is 0 Å². The van der Waals surface area contributed by atoms with Crippen molar-refractivity contribution < 1.29 is 16.8 Å². The SMILES string of the molecule is CS(=O)(=O)CS(=O)(=O)NC1(C#N)CCCCCC1. The molecule has 18 heavy (non-hydrogen) atoms. The lowest BCUT2D eigenvalue weighted by atomic mass is 9.94. The molecule has 0 aromatic rings. The molecule has 0 aromatic carbocycles. The molecule has 0 aliphatic heterocycles. The van der Waals surface area contributed by atoms with Gasteiger partial charge in [-0.3, -0.25) is 0 Å². The van der Waals surface area contributed by atoms with Gasteiger partial charge in [-0.25, -0.2) is 16.8 Å². The number of nitriles is 1. The van der Waals surface area contributed by atoms with E-state index in [1.54, 1.807) is 0 Å². The molecule has 0 bridgehead atoms. The van der Waals surface area contributed by atoms with Crippen LogP contribution in [0.1, 0.15) is 38.5 Å². The fourth-order valence-electron chi connectivity index (χ4n) is 2.18. The molecule has 1 aliphatic rings. The van der Waals surface area contributed by atoms with E-state index in [2.05, 4.69) is 4.72 Å². The third-order valence-electron chi connectivity index (χ3n) is 2.89. The molecule has 1 saturated carbocycles. The minimum atomic E-state index is -3.99. The van der Waals surface area contributed by atoms with Crippen molar-refractivity contribution in [3.05, 3.63) is 0 Å². The predicted octanol–water partition coefficient (Wildman–Crippen LogP) is 0.524. The van der Waals surface area contributed by atoms with Crippen LogP contribution in [0, 0.1) is 11.3 Å². The van der Waals surface area contributed by atoms with E-state index >= 15 is 0 Å².